The summed E-state index contributed by atoms with van der Waals surface area (Å²) >= 11 is 0.924. The first-order chi connectivity index (χ1) is 18.0. The van der Waals surface area contributed by atoms with Gasteiger partial charge in [-0.25, -0.2) is 23.9 Å². The largest absolute Gasteiger partial charge is 0.478 e. The zero-order valence-corrected chi connectivity index (χ0v) is 22.0. The lowest BCUT2D eigenvalue weighted by molar-refractivity contribution is -0.161. The number of carboxylic acids is 1. The summed E-state index contributed by atoms with van der Waals surface area (Å²) < 4.78 is 38.4. The van der Waals surface area contributed by atoms with Gasteiger partial charge in [0, 0.05) is 11.9 Å². The fourth-order valence-corrected chi connectivity index (χ4v) is 4.82. The monoisotopic (exact) mass is 591 g/mol. The van der Waals surface area contributed by atoms with Crippen LogP contribution in [0.2, 0.25) is 0 Å². The van der Waals surface area contributed by atoms with Gasteiger partial charge in [0.25, 0.3) is 11.8 Å². The lowest BCUT2D eigenvalue weighted by atomic mass is 9.97. The number of guanidine groups is 1. The highest BCUT2D eigenvalue weighted by molar-refractivity contribution is 7.84. The summed E-state index contributed by atoms with van der Waals surface area (Å²) in [5.41, 5.74) is 13.6. The van der Waals surface area contributed by atoms with Gasteiger partial charge in [0.2, 0.25) is 5.60 Å². The number of carboxylic acid groups (broad SMARTS) is 1. The summed E-state index contributed by atoms with van der Waals surface area (Å²) in [5.74, 6) is -3.99. The Morgan fingerprint density at radius 3 is 2.56 bits per heavy atom. The number of carbonyl (C=O) groups is 4. The number of rotatable bonds is 11. The second-order valence-corrected chi connectivity index (χ2v) is 10.9. The molecule has 0 aromatic carbocycles. The van der Waals surface area contributed by atoms with Gasteiger partial charge in [0.15, 0.2) is 16.8 Å². The van der Waals surface area contributed by atoms with Crippen molar-refractivity contribution in [2.75, 3.05) is 25.4 Å². The van der Waals surface area contributed by atoms with E-state index in [1.54, 1.807) is 0 Å². The Hall–Kier alpha value is -4.24. The molecule has 0 aliphatic carbocycles. The first-order valence-corrected chi connectivity index (χ1v) is 13.1. The number of cyclic esters (lactones) is 1. The lowest BCUT2D eigenvalue weighted by Gasteiger charge is -2.45. The molecule has 0 bridgehead atoms. The van der Waals surface area contributed by atoms with Gasteiger partial charge >= 0.3 is 22.4 Å². The number of thiazole rings is 1. The molecule has 9 N–H and O–H groups in total. The number of ether oxygens (including phenoxy) is 1. The number of nitrogen functional groups attached to an aromatic ring is 1. The quantitative estimate of drug-likeness (QED) is 0.0488. The normalized spacial score (nSPS) is 21.7. The van der Waals surface area contributed by atoms with Crippen molar-refractivity contribution >= 4 is 62.3 Å². The summed E-state index contributed by atoms with van der Waals surface area (Å²) in [6, 6.07) is -3.03. The predicted octanol–water partition coefficient (Wildman–Crippen LogP) is -3.10. The molecule has 0 saturated carbocycles. The summed E-state index contributed by atoms with van der Waals surface area (Å²) in [6.45, 7) is 1.67. The molecule has 1 aromatic rings. The van der Waals surface area contributed by atoms with Crippen LogP contribution in [-0.2, 0) is 34.3 Å². The highest BCUT2D eigenvalue weighted by atomic mass is 32.2. The van der Waals surface area contributed by atoms with E-state index in [4.69, 9.17) is 26.8 Å². The SMILES string of the molecule is CC(C)(O/N=C(/C(=O)N[C@@H]1C(=O)N(S(=O)(=O)O)[C@@H]1CN1C[C@H](CN=C(N)N)OC1=O)c1csc(N)n1)C(=O)O. The fourth-order valence-electron chi connectivity index (χ4n) is 3.40. The third-order valence-corrected chi connectivity index (χ3v) is 7.02. The van der Waals surface area contributed by atoms with Crippen LogP contribution < -0.4 is 22.5 Å². The van der Waals surface area contributed by atoms with Crippen LogP contribution in [0.1, 0.15) is 19.5 Å². The Balaban J connectivity index is 1.84. The van der Waals surface area contributed by atoms with Crippen LogP contribution in [0.15, 0.2) is 15.5 Å². The van der Waals surface area contributed by atoms with Gasteiger partial charge in [-0.05, 0) is 13.8 Å². The third kappa shape index (κ3) is 6.61. The van der Waals surface area contributed by atoms with E-state index >= 15 is 0 Å². The maximum Gasteiger partial charge on any atom is 0.410 e. The second kappa shape index (κ2) is 10.9. The van der Waals surface area contributed by atoms with Crippen LogP contribution in [0.4, 0.5) is 9.93 Å². The van der Waals surface area contributed by atoms with Crippen molar-refractivity contribution in [2.24, 2.45) is 21.6 Å². The smallest absolute Gasteiger partial charge is 0.410 e. The van der Waals surface area contributed by atoms with Gasteiger partial charge in [0.05, 0.1) is 19.1 Å². The van der Waals surface area contributed by atoms with E-state index in [2.05, 4.69) is 20.4 Å². The first-order valence-electron chi connectivity index (χ1n) is 10.8. The zero-order chi connectivity index (χ0) is 29.3. The number of nitrogens with zero attached hydrogens (tertiary/aromatic N) is 5. The van der Waals surface area contributed by atoms with Crippen LogP contribution in [-0.4, -0.2) is 111 Å². The van der Waals surface area contributed by atoms with E-state index in [1.165, 1.54) is 5.38 Å². The van der Waals surface area contributed by atoms with Gasteiger partial charge in [-0.3, -0.25) is 14.1 Å². The van der Waals surface area contributed by atoms with Crippen molar-refractivity contribution in [2.45, 2.75) is 37.6 Å². The number of amides is 3. The summed E-state index contributed by atoms with van der Waals surface area (Å²) in [5, 5.41) is 16.4. The number of aliphatic carboxylic acids is 1. The van der Waals surface area contributed by atoms with E-state index in [9.17, 15) is 37.3 Å². The van der Waals surface area contributed by atoms with Crippen molar-refractivity contribution in [3.63, 3.8) is 0 Å². The third-order valence-electron chi connectivity index (χ3n) is 5.40. The number of hydrogen-bond donors (Lipinski definition) is 6. The highest BCUT2D eigenvalue weighted by Crippen LogP contribution is 2.27. The van der Waals surface area contributed by atoms with E-state index in [0.29, 0.717) is 0 Å². The van der Waals surface area contributed by atoms with E-state index < -0.39 is 70.2 Å². The Morgan fingerprint density at radius 2 is 2.03 bits per heavy atom. The predicted molar refractivity (Wildman–Crippen MR) is 132 cm³/mol. The van der Waals surface area contributed by atoms with Gasteiger partial charge < -0.3 is 42.1 Å². The van der Waals surface area contributed by atoms with Crippen molar-refractivity contribution in [1.82, 2.24) is 19.5 Å². The molecule has 39 heavy (non-hydrogen) atoms. The van der Waals surface area contributed by atoms with E-state index in [1.807, 2.05) is 0 Å². The molecule has 214 valence electrons. The Bertz CT molecular complexity index is 1340. The number of aliphatic imine (C=N–C) groups is 1. The van der Waals surface area contributed by atoms with Crippen molar-refractivity contribution < 1.29 is 46.8 Å². The molecule has 2 aliphatic rings. The van der Waals surface area contributed by atoms with Crippen molar-refractivity contribution in [3.05, 3.63) is 11.1 Å². The molecule has 21 heteroatoms. The van der Waals surface area contributed by atoms with Crippen LogP contribution >= 0.6 is 11.3 Å². The molecular weight excluding hydrogens is 566 g/mol. The van der Waals surface area contributed by atoms with Crippen LogP contribution in [0, 0.1) is 0 Å². The Kier molecular flexibility index (Phi) is 8.16. The number of oxime groups is 1. The van der Waals surface area contributed by atoms with Crippen LogP contribution in [0.25, 0.3) is 0 Å². The average Bonchev–Trinajstić information content (AvgIpc) is 3.39. The number of aromatic nitrogens is 1. The minimum absolute atomic E-state index is 0.0287. The molecular formula is C18H25N9O10S2. The number of β-lactam (4-membered cyclic amide) rings is 1. The number of nitrogens with one attached hydrogen (secondary N) is 1. The molecule has 0 spiro atoms. The van der Waals surface area contributed by atoms with E-state index in [0.717, 1.165) is 30.1 Å². The molecule has 1 aromatic heterocycles. The molecule has 0 radical (unpaired) electrons. The molecule has 2 fully saturated rings. The number of hydrogen-bond acceptors (Lipinski definition) is 13. The summed E-state index contributed by atoms with van der Waals surface area (Å²) in [6.07, 6.45) is -1.67. The van der Waals surface area contributed by atoms with Gasteiger partial charge in [-0.1, -0.05) is 5.16 Å². The number of nitrogens with two attached hydrogens (primary N) is 3. The second-order valence-electron chi connectivity index (χ2n) is 8.72. The average molecular weight is 592 g/mol. The summed E-state index contributed by atoms with van der Waals surface area (Å²) in [7, 11) is -5.08. The molecule has 3 amide bonds. The van der Waals surface area contributed by atoms with Gasteiger partial charge in [-0.15, -0.1) is 11.3 Å². The zero-order valence-electron chi connectivity index (χ0n) is 20.4. The van der Waals surface area contributed by atoms with Crippen LogP contribution in [0.3, 0.4) is 0 Å². The molecule has 2 saturated heterocycles. The Labute approximate surface area is 224 Å². The minimum atomic E-state index is -5.08. The molecule has 3 heterocycles. The van der Waals surface area contributed by atoms with Gasteiger partial charge in [-0.2, -0.15) is 8.42 Å². The standard InChI is InChI=1S/C18H25N9O10S2/c1-18(2,14(30)31)37-25-10(8-6-38-16(21)23-8)12(28)24-11-9(27(13(11)29)39(33,34)35)5-26-4-7(36-17(26)32)3-22-15(19)20/h6-7,9,11H,3-5H2,1-2H3,(H2,21,23)(H,24,28)(H,30,31)(H4,19,20,22)(H,33,34,35)/b25-10+/t7-,9+,11-/m0/s1. The van der Waals surface area contributed by atoms with E-state index in [-0.39, 0.29) is 34.2 Å². The number of anilines is 1. The maximum absolute atomic E-state index is 13.1. The minimum Gasteiger partial charge on any atom is -0.478 e. The highest BCUT2D eigenvalue weighted by Gasteiger charge is 2.55. The molecule has 0 unspecified atom stereocenters. The molecule has 2 aliphatic heterocycles. The number of carbonyl (C=O) groups excluding carboxylic acids is 3. The topological polar surface area (TPSA) is 296 Å². The summed E-state index contributed by atoms with van der Waals surface area (Å²) in [4.78, 5) is 63.1. The van der Waals surface area contributed by atoms with Crippen molar-refractivity contribution in [3.8, 4) is 0 Å². The molecule has 19 nitrogen and oxygen atoms in total. The lowest BCUT2D eigenvalue weighted by Crippen LogP contribution is -2.74. The molecule has 3 rings (SSSR count). The van der Waals surface area contributed by atoms with Crippen molar-refractivity contribution in [1.29, 1.82) is 0 Å². The van der Waals surface area contributed by atoms with Crippen LogP contribution in [0.5, 0.6) is 0 Å². The first kappa shape index (κ1) is 29.3. The van der Waals surface area contributed by atoms with Gasteiger partial charge in [0.1, 0.15) is 17.8 Å². The Morgan fingerprint density at radius 1 is 1.36 bits per heavy atom. The maximum atomic E-state index is 13.1. The fraction of sp³-hybridized carbons (Fsp3) is 0.500. The molecule has 3 atom stereocenters.